The van der Waals surface area contributed by atoms with Gasteiger partial charge in [-0.2, -0.15) is 0 Å². The van der Waals surface area contributed by atoms with Crippen LogP contribution in [0.25, 0.3) is 0 Å². The van der Waals surface area contributed by atoms with Crippen molar-refractivity contribution in [3.05, 3.63) is 41.2 Å². The van der Waals surface area contributed by atoms with Gasteiger partial charge in [0.15, 0.2) is 5.54 Å². The molecule has 1 unspecified atom stereocenters. The van der Waals surface area contributed by atoms with Gasteiger partial charge >= 0.3 is 5.97 Å². The normalized spacial score (nSPS) is 20.5. The van der Waals surface area contributed by atoms with Crippen LogP contribution >= 0.6 is 11.6 Å². The van der Waals surface area contributed by atoms with Gasteiger partial charge in [0.1, 0.15) is 5.15 Å². The number of nitrogens with zero attached hydrogens (tertiary/aromatic N) is 2. The summed E-state index contributed by atoms with van der Waals surface area (Å²) in [6.45, 7) is 1.77. The molecule has 0 spiro atoms. The molecule has 5 nitrogen and oxygen atoms in total. The highest BCUT2D eigenvalue weighted by Gasteiger charge is 2.43. The minimum absolute atomic E-state index is 0.132. The number of esters is 1. The van der Waals surface area contributed by atoms with E-state index in [-0.39, 0.29) is 6.61 Å². The summed E-state index contributed by atoms with van der Waals surface area (Å²) >= 11 is 5.71. The molecule has 2 heterocycles. The lowest BCUT2D eigenvalue weighted by Gasteiger charge is -2.21. The van der Waals surface area contributed by atoms with Crippen molar-refractivity contribution in [1.29, 1.82) is 0 Å². The minimum Gasteiger partial charge on any atom is -0.460 e. The second kappa shape index (κ2) is 5.32. The van der Waals surface area contributed by atoms with Crippen LogP contribution in [0.2, 0.25) is 5.15 Å². The first kappa shape index (κ1) is 13.4. The first-order valence-corrected chi connectivity index (χ1v) is 6.04. The monoisotopic (exact) mass is 278 g/mol. The second-order valence-corrected chi connectivity index (χ2v) is 4.21. The average molecular weight is 279 g/mol. The Morgan fingerprint density at radius 2 is 2.21 bits per heavy atom. The molecule has 1 aliphatic heterocycles. The van der Waals surface area contributed by atoms with Crippen molar-refractivity contribution in [2.45, 2.75) is 12.5 Å². The van der Waals surface area contributed by atoms with E-state index < -0.39 is 17.3 Å². The molecule has 0 saturated carbocycles. The summed E-state index contributed by atoms with van der Waals surface area (Å²) in [5, 5.41) is 0.299. The van der Waals surface area contributed by atoms with Crippen molar-refractivity contribution < 1.29 is 14.3 Å². The number of aromatic nitrogens is 1. The molecule has 1 aromatic heterocycles. The molecule has 0 N–H and O–H groups in total. The molecule has 6 heteroatoms. The Balaban J connectivity index is 2.42. The third-order valence-electron chi connectivity index (χ3n) is 2.68. The molecule has 1 atom stereocenters. The second-order valence-electron chi connectivity index (χ2n) is 3.82. The quantitative estimate of drug-likeness (QED) is 0.478. The summed E-state index contributed by atoms with van der Waals surface area (Å²) in [4.78, 5) is 31.9. The van der Waals surface area contributed by atoms with Crippen LogP contribution in [0.15, 0.2) is 35.5 Å². The third kappa shape index (κ3) is 2.42. The molecule has 0 aliphatic carbocycles. The first-order chi connectivity index (χ1) is 9.10. The van der Waals surface area contributed by atoms with Gasteiger partial charge in [0.2, 0.25) is 0 Å². The van der Waals surface area contributed by atoms with Crippen LogP contribution in [-0.4, -0.2) is 29.6 Å². The van der Waals surface area contributed by atoms with E-state index in [1.54, 1.807) is 25.1 Å². The standard InChI is InChI=1S/C13H11ClN2O3/c1-2-19-12(18)11(17)13(6-3-7-16-13)9-4-5-10(14)15-8-9/h3-8H,2H2,1H3. The van der Waals surface area contributed by atoms with Crippen molar-refractivity contribution in [3.63, 3.8) is 0 Å². The highest BCUT2D eigenvalue weighted by molar-refractivity contribution is 6.38. The molecule has 0 radical (unpaired) electrons. The minimum atomic E-state index is -1.39. The van der Waals surface area contributed by atoms with Crippen molar-refractivity contribution >= 4 is 29.6 Å². The number of Topliss-reactive ketones (excluding diaryl/α,β-unsaturated/α-hetero) is 1. The zero-order chi connectivity index (χ0) is 13.9. The van der Waals surface area contributed by atoms with Gasteiger partial charge in [-0.3, -0.25) is 9.79 Å². The zero-order valence-corrected chi connectivity index (χ0v) is 10.9. The Morgan fingerprint density at radius 3 is 2.74 bits per heavy atom. The Bertz CT molecular complexity index is 552. The van der Waals surface area contributed by atoms with Crippen LogP contribution in [0.5, 0.6) is 0 Å². The number of hydrogen-bond acceptors (Lipinski definition) is 5. The van der Waals surface area contributed by atoms with E-state index >= 15 is 0 Å². The molecule has 19 heavy (non-hydrogen) atoms. The molecular weight excluding hydrogens is 268 g/mol. The summed E-state index contributed by atoms with van der Waals surface area (Å²) in [5.41, 5.74) is -0.913. The number of pyridine rings is 1. The van der Waals surface area contributed by atoms with E-state index in [1.807, 2.05) is 0 Å². The Kier molecular flexibility index (Phi) is 3.76. The molecule has 0 saturated heterocycles. The van der Waals surface area contributed by atoms with E-state index in [4.69, 9.17) is 16.3 Å². The van der Waals surface area contributed by atoms with Crippen molar-refractivity contribution in [2.24, 2.45) is 4.99 Å². The van der Waals surface area contributed by atoms with Gasteiger partial charge in [-0.1, -0.05) is 17.7 Å². The lowest BCUT2D eigenvalue weighted by atomic mass is 9.88. The van der Waals surface area contributed by atoms with Crippen LogP contribution in [0, 0.1) is 0 Å². The first-order valence-electron chi connectivity index (χ1n) is 5.67. The maximum absolute atomic E-state index is 12.2. The summed E-state index contributed by atoms with van der Waals surface area (Å²) in [6, 6.07) is 3.15. The van der Waals surface area contributed by atoms with Crippen LogP contribution in [0.3, 0.4) is 0 Å². The lowest BCUT2D eigenvalue weighted by Crippen LogP contribution is -2.37. The molecule has 2 rings (SSSR count). The number of carbonyl (C=O) groups is 2. The van der Waals surface area contributed by atoms with E-state index in [2.05, 4.69) is 9.98 Å². The molecule has 0 fully saturated rings. The lowest BCUT2D eigenvalue weighted by molar-refractivity contribution is -0.155. The van der Waals surface area contributed by atoms with Gasteiger partial charge in [-0.25, -0.2) is 9.78 Å². The third-order valence-corrected chi connectivity index (χ3v) is 2.90. The van der Waals surface area contributed by atoms with Gasteiger partial charge in [0.25, 0.3) is 5.78 Å². The number of rotatable bonds is 4. The number of allylic oxidation sites excluding steroid dienone is 1. The number of ether oxygens (including phenoxy) is 1. The van der Waals surface area contributed by atoms with Gasteiger partial charge in [-0.05, 0) is 25.1 Å². The van der Waals surface area contributed by atoms with Gasteiger partial charge < -0.3 is 4.74 Å². The fourth-order valence-corrected chi connectivity index (χ4v) is 1.89. The summed E-state index contributed by atoms with van der Waals surface area (Å²) in [7, 11) is 0. The van der Waals surface area contributed by atoms with Crippen molar-refractivity contribution in [3.8, 4) is 0 Å². The molecule has 1 aromatic rings. The van der Waals surface area contributed by atoms with Crippen LogP contribution < -0.4 is 0 Å². The van der Waals surface area contributed by atoms with Crippen LogP contribution in [0.1, 0.15) is 12.5 Å². The number of ketones is 1. The van der Waals surface area contributed by atoms with E-state index in [9.17, 15) is 9.59 Å². The van der Waals surface area contributed by atoms with E-state index in [0.717, 1.165) is 0 Å². The molecule has 0 aromatic carbocycles. The number of carbonyl (C=O) groups excluding carboxylic acids is 2. The van der Waals surface area contributed by atoms with Gasteiger partial charge in [0, 0.05) is 18.0 Å². The molecular formula is C13H11ClN2O3. The number of aliphatic imine (C=N–C) groups is 1. The fraction of sp³-hybridized carbons (Fsp3) is 0.231. The molecule has 98 valence electrons. The predicted molar refractivity (Wildman–Crippen MR) is 70.2 cm³/mol. The van der Waals surface area contributed by atoms with Gasteiger partial charge in [-0.15, -0.1) is 0 Å². The summed E-state index contributed by atoms with van der Waals surface area (Å²) < 4.78 is 4.74. The van der Waals surface area contributed by atoms with Gasteiger partial charge in [0.05, 0.1) is 6.61 Å². The summed E-state index contributed by atoms with van der Waals surface area (Å²) in [5.74, 6) is -1.66. The maximum atomic E-state index is 12.2. The van der Waals surface area contributed by atoms with Crippen LogP contribution in [-0.2, 0) is 19.9 Å². The van der Waals surface area contributed by atoms with Crippen LogP contribution in [0.4, 0.5) is 0 Å². The van der Waals surface area contributed by atoms with E-state index in [1.165, 1.54) is 18.5 Å². The Hall–Kier alpha value is -2.01. The van der Waals surface area contributed by atoms with Crippen molar-refractivity contribution in [2.75, 3.05) is 6.61 Å². The van der Waals surface area contributed by atoms with Crippen molar-refractivity contribution in [1.82, 2.24) is 4.98 Å². The Labute approximate surface area is 115 Å². The molecule has 0 bridgehead atoms. The maximum Gasteiger partial charge on any atom is 0.378 e. The number of hydrogen-bond donors (Lipinski definition) is 0. The average Bonchev–Trinajstić information content (AvgIpc) is 2.89. The Morgan fingerprint density at radius 1 is 1.42 bits per heavy atom. The fourth-order valence-electron chi connectivity index (χ4n) is 1.78. The predicted octanol–water partition coefficient (Wildman–Crippen LogP) is 1.70. The topological polar surface area (TPSA) is 68.6 Å². The SMILES string of the molecule is CCOC(=O)C(=O)C1(c2ccc(Cl)nc2)C=CC=N1. The smallest absolute Gasteiger partial charge is 0.378 e. The zero-order valence-electron chi connectivity index (χ0n) is 10.2. The highest BCUT2D eigenvalue weighted by atomic mass is 35.5. The number of halogens is 1. The molecule has 0 amide bonds. The largest absolute Gasteiger partial charge is 0.460 e. The molecule has 1 aliphatic rings. The highest BCUT2D eigenvalue weighted by Crippen LogP contribution is 2.31. The van der Waals surface area contributed by atoms with E-state index in [0.29, 0.717) is 10.7 Å². The summed E-state index contributed by atoms with van der Waals surface area (Å²) in [6.07, 6.45) is 6.03.